The highest BCUT2D eigenvalue weighted by Crippen LogP contribution is 2.12. The summed E-state index contributed by atoms with van der Waals surface area (Å²) >= 11 is 0. The highest BCUT2D eigenvalue weighted by molar-refractivity contribution is 6.03. The van der Waals surface area contributed by atoms with Crippen molar-refractivity contribution in [3.05, 3.63) is 72.1 Å². The average Bonchev–Trinajstić information content (AvgIpc) is 3.04. The van der Waals surface area contributed by atoms with Crippen molar-refractivity contribution in [1.29, 1.82) is 0 Å². The van der Waals surface area contributed by atoms with Crippen molar-refractivity contribution < 1.29 is 18.4 Å². The molecule has 3 aromatic rings. The van der Waals surface area contributed by atoms with E-state index in [0.717, 1.165) is 12.1 Å². The number of halogens is 2. The summed E-state index contributed by atoms with van der Waals surface area (Å²) < 4.78 is 27.6. The summed E-state index contributed by atoms with van der Waals surface area (Å²) in [5, 5.41) is 8.79. The molecule has 0 aliphatic heterocycles. The average molecular weight is 357 g/mol. The minimum atomic E-state index is -0.549. The number of amides is 2. The summed E-state index contributed by atoms with van der Waals surface area (Å²) in [6, 6.07) is 10.7. The summed E-state index contributed by atoms with van der Waals surface area (Å²) in [6.45, 7) is -0.215. The second-order valence-electron chi connectivity index (χ2n) is 5.25. The van der Waals surface area contributed by atoms with Gasteiger partial charge < -0.3 is 5.32 Å². The minimum absolute atomic E-state index is 0.0157. The molecular formula is C17H13F2N5O2. The molecule has 2 amide bonds. The zero-order valence-corrected chi connectivity index (χ0v) is 13.3. The molecule has 0 aliphatic rings. The van der Waals surface area contributed by atoms with Crippen LogP contribution in [0.1, 0.15) is 10.4 Å². The van der Waals surface area contributed by atoms with Gasteiger partial charge in [-0.15, -0.1) is 5.10 Å². The number of hydrogen-bond donors (Lipinski definition) is 2. The quantitative estimate of drug-likeness (QED) is 0.734. The van der Waals surface area contributed by atoms with Crippen LogP contribution in [0, 0.1) is 11.6 Å². The maximum atomic E-state index is 13.5. The van der Waals surface area contributed by atoms with Gasteiger partial charge in [0.05, 0.1) is 5.69 Å². The largest absolute Gasteiger partial charge is 0.322 e. The lowest BCUT2D eigenvalue weighted by Crippen LogP contribution is -2.20. The molecule has 0 unspecified atom stereocenters. The SMILES string of the molecule is O=C(Cn1cnc(NC(=O)c2ccc(F)cc2)n1)Nc1ccccc1F. The van der Waals surface area contributed by atoms with Gasteiger partial charge in [0.2, 0.25) is 11.9 Å². The molecule has 132 valence electrons. The predicted molar refractivity (Wildman–Crippen MR) is 89.4 cm³/mol. The summed E-state index contributed by atoms with van der Waals surface area (Å²) in [6.07, 6.45) is 1.25. The monoisotopic (exact) mass is 357 g/mol. The van der Waals surface area contributed by atoms with E-state index in [-0.39, 0.29) is 23.7 Å². The normalized spacial score (nSPS) is 10.4. The number of para-hydroxylation sites is 1. The van der Waals surface area contributed by atoms with Crippen molar-refractivity contribution in [2.45, 2.75) is 6.54 Å². The zero-order chi connectivity index (χ0) is 18.5. The summed E-state index contributed by atoms with van der Waals surface area (Å²) in [4.78, 5) is 27.8. The summed E-state index contributed by atoms with van der Waals surface area (Å²) in [5.74, 6) is -2.04. The Morgan fingerprint density at radius 2 is 1.73 bits per heavy atom. The van der Waals surface area contributed by atoms with Crippen LogP contribution in [0.3, 0.4) is 0 Å². The van der Waals surface area contributed by atoms with Crippen molar-refractivity contribution in [1.82, 2.24) is 14.8 Å². The number of hydrogen-bond acceptors (Lipinski definition) is 4. The molecule has 0 fully saturated rings. The maximum absolute atomic E-state index is 13.5. The second kappa shape index (κ2) is 7.51. The Kier molecular flexibility index (Phi) is 4.97. The fraction of sp³-hybridized carbons (Fsp3) is 0.0588. The molecular weight excluding hydrogens is 344 g/mol. The summed E-state index contributed by atoms with van der Waals surface area (Å²) in [5.41, 5.74) is 0.294. The van der Waals surface area contributed by atoms with E-state index in [1.165, 1.54) is 41.3 Å². The minimum Gasteiger partial charge on any atom is -0.322 e. The van der Waals surface area contributed by atoms with E-state index in [1.54, 1.807) is 6.07 Å². The Hall–Kier alpha value is -3.62. The van der Waals surface area contributed by atoms with Gasteiger partial charge in [0, 0.05) is 5.56 Å². The fourth-order valence-corrected chi connectivity index (χ4v) is 2.10. The van der Waals surface area contributed by atoms with Crippen LogP contribution in [-0.2, 0) is 11.3 Å². The molecule has 0 saturated heterocycles. The number of carbonyl (C=O) groups excluding carboxylic acids is 2. The Labute approximate surface area is 146 Å². The molecule has 1 heterocycles. The highest BCUT2D eigenvalue weighted by atomic mass is 19.1. The van der Waals surface area contributed by atoms with E-state index in [2.05, 4.69) is 20.7 Å². The lowest BCUT2D eigenvalue weighted by atomic mass is 10.2. The topological polar surface area (TPSA) is 88.9 Å². The summed E-state index contributed by atoms with van der Waals surface area (Å²) in [7, 11) is 0. The number of rotatable bonds is 5. The smallest absolute Gasteiger partial charge is 0.258 e. The molecule has 26 heavy (non-hydrogen) atoms. The van der Waals surface area contributed by atoms with Gasteiger partial charge in [0.25, 0.3) is 5.91 Å². The highest BCUT2D eigenvalue weighted by Gasteiger charge is 2.11. The first-order valence-corrected chi connectivity index (χ1v) is 7.52. The Morgan fingerprint density at radius 1 is 1.00 bits per heavy atom. The molecule has 7 nitrogen and oxygen atoms in total. The van der Waals surface area contributed by atoms with Crippen LogP contribution in [0.5, 0.6) is 0 Å². The first kappa shape index (κ1) is 17.2. The van der Waals surface area contributed by atoms with E-state index in [1.807, 2.05) is 0 Å². The number of carbonyl (C=O) groups is 2. The van der Waals surface area contributed by atoms with Gasteiger partial charge in [0.15, 0.2) is 0 Å². The maximum Gasteiger partial charge on any atom is 0.258 e. The molecule has 0 atom stereocenters. The lowest BCUT2D eigenvalue weighted by molar-refractivity contribution is -0.116. The van der Waals surface area contributed by atoms with Crippen LogP contribution in [0.25, 0.3) is 0 Å². The van der Waals surface area contributed by atoms with Crippen molar-refractivity contribution in [3.8, 4) is 0 Å². The molecule has 3 rings (SSSR count). The van der Waals surface area contributed by atoms with Gasteiger partial charge in [0.1, 0.15) is 24.5 Å². The van der Waals surface area contributed by atoms with Crippen LogP contribution in [0.15, 0.2) is 54.9 Å². The number of anilines is 2. The van der Waals surface area contributed by atoms with Crippen LogP contribution in [-0.4, -0.2) is 26.6 Å². The van der Waals surface area contributed by atoms with E-state index < -0.39 is 23.4 Å². The van der Waals surface area contributed by atoms with Crippen LogP contribution < -0.4 is 10.6 Å². The van der Waals surface area contributed by atoms with E-state index >= 15 is 0 Å². The molecule has 0 spiro atoms. The van der Waals surface area contributed by atoms with Crippen molar-refractivity contribution in [2.24, 2.45) is 0 Å². The number of nitrogens with zero attached hydrogens (tertiary/aromatic N) is 3. The molecule has 0 saturated carbocycles. The molecule has 0 radical (unpaired) electrons. The molecule has 0 aliphatic carbocycles. The fourth-order valence-electron chi connectivity index (χ4n) is 2.10. The van der Waals surface area contributed by atoms with Crippen molar-refractivity contribution in [2.75, 3.05) is 10.6 Å². The van der Waals surface area contributed by atoms with E-state index in [4.69, 9.17) is 0 Å². The van der Waals surface area contributed by atoms with Crippen LogP contribution in [0.4, 0.5) is 20.4 Å². The van der Waals surface area contributed by atoms with Crippen molar-refractivity contribution >= 4 is 23.5 Å². The van der Waals surface area contributed by atoms with Gasteiger partial charge in [-0.25, -0.2) is 18.4 Å². The van der Waals surface area contributed by atoms with E-state index in [0.29, 0.717) is 0 Å². The molecule has 2 N–H and O–H groups in total. The van der Waals surface area contributed by atoms with E-state index in [9.17, 15) is 18.4 Å². The number of nitrogens with one attached hydrogen (secondary N) is 2. The molecule has 1 aromatic heterocycles. The van der Waals surface area contributed by atoms with Gasteiger partial charge in [-0.05, 0) is 36.4 Å². The zero-order valence-electron chi connectivity index (χ0n) is 13.3. The Bertz CT molecular complexity index is 940. The van der Waals surface area contributed by atoms with Crippen LogP contribution in [0.2, 0.25) is 0 Å². The van der Waals surface area contributed by atoms with Gasteiger partial charge in [-0.3, -0.25) is 14.9 Å². The van der Waals surface area contributed by atoms with Crippen molar-refractivity contribution in [3.63, 3.8) is 0 Å². The van der Waals surface area contributed by atoms with Gasteiger partial charge >= 0.3 is 0 Å². The first-order chi connectivity index (χ1) is 12.5. The third-order valence-corrected chi connectivity index (χ3v) is 3.32. The number of benzene rings is 2. The van der Waals surface area contributed by atoms with Gasteiger partial charge in [-0.2, -0.15) is 0 Å². The first-order valence-electron chi connectivity index (χ1n) is 7.52. The number of aromatic nitrogens is 3. The molecule has 0 bridgehead atoms. The van der Waals surface area contributed by atoms with Gasteiger partial charge in [-0.1, -0.05) is 12.1 Å². The standard InChI is InChI=1S/C17H13F2N5O2/c18-12-7-5-11(6-8-12)16(26)22-17-20-10-24(23-17)9-15(25)21-14-4-2-1-3-13(14)19/h1-8,10H,9H2,(H,21,25)(H,22,23,26). The second-order valence-corrected chi connectivity index (χ2v) is 5.25. The lowest BCUT2D eigenvalue weighted by Gasteiger charge is -2.05. The Balaban J connectivity index is 1.59. The third-order valence-electron chi connectivity index (χ3n) is 3.32. The van der Waals surface area contributed by atoms with Crippen LogP contribution >= 0.6 is 0 Å². The molecule has 2 aromatic carbocycles. The third kappa shape index (κ3) is 4.26. The Morgan fingerprint density at radius 3 is 2.46 bits per heavy atom. The molecule has 9 heteroatoms. The predicted octanol–water partition coefficient (Wildman–Crippen LogP) is 2.45.